The van der Waals surface area contributed by atoms with Crippen LogP contribution in [0.5, 0.6) is 0 Å². The van der Waals surface area contributed by atoms with Crippen molar-refractivity contribution in [2.24, 2.45) is 11.7 Å². The fourth-order valence-electron chi connectivity index (χ4n) is 2.57. The van der Waals surface area contributed by atoms with E-state index in [2.05, 4.69) is 37.4 Å². The first-order chi connectivity index (χ1) is 9.61. The normalized spacial score (nSPS) is 14.3. The molecule has 0 saturated heterocycles. The molecule has 0 aromatic heterocycles. The Kier molecular flexibility index (Phi) is 5.01. The van der Waals surface area contributed by atoms with Gasteiger partial charge in [-0.3, -0.25) is 4.90 Å². The second-order valence-corrected chi connectivity index (χ2v) is 5.84. The smallest absolute Gasteiger partial charge is 0.321 e. The predicted octanol–water partition coefficient (Wildman–Crippen LogP) is 2.31. The van der Waals surface area contributed by atoms with Crippen LogP contribution in [0.15, 0.2) is 18.2 Å². The largest absolute Gasteiger partial charge is 0.337 e. The van der Waals surface area contributed by atoms with Crippen LogP contribution in [0.1, 0.15) is 31.4 Å². The third-order valence-corrected chi connectivity index (χ3v) is 3.60. The second-order valence-electron chi connectivity index (χ2n) is 5.84. The number of rotatable bonds is 4. The molecular weight excluding hydrogens is 250 g/mol. The summed E-state index contributed by atoms with van der Waals surface area (Å²) in [5.41, 5.74) is 9.18. The molecule has 0 unspecified atom stereocenters. The van der Waals surface area contributed by atoms with Crippen molar-refractivity contribution in [3.8, 4) is 0 Å². The predicted molar refractivity (Wildman–Crippen MR) is 83.1 cm³/mol. The van der Waals surface area contributed by atoms with Crippen molar-refractivity contribution in [3.63, 3.8) is 0 Å². The Balaban J connectivity index is 2.13. The average Bonchev–Trinajstić information content (AvgIpc) is 2.44. The Bertz CT molecular complexity index is 471. The van der Waals surface area contributed by atoms with E-state index in [1.807, 2.05) is 4.90 Å². The lowest BCUT2D eigenvalue weighted by molar-refractivity contribution is 0.244. The van der Waals surface area contributed by atoms with Crippen molar-refractivity contribution in [3.05, 3.63) is 29.3 Å². The lowest BCUT2D eigenvalue weighted by Gasteiger charge is -2.30. The number of fused-ring (bicyclic) bond motifs is 1. The highest BCUT2D eigenvalue weighted by molar-refractivity contribution is 5.93. The molecule has 110 valence electrons. The molecule has 0 bridgehead atoms. The van der Waals surface area contributed by atoms with Crippen LogP contribution in [0, 0.1) is 5.92 Å². The van der Waals surface area contributed by atoms with Crippen LogP contribution in [0.3, 0.4) is 0 Å². The van der Waals surface area contributed by atoms with Crippen molar-refractivity contribution >= 4 is 11.7 Å². The third-order valence-electron chi connectivity index (χ3n) is 3.60. The maximum absolute atomic E-state index is 12.3. The van der Waals surface area contributed by atoms with E-state index in [0.29, 0.717) is 12.5 Å². The summed E-state index contributed by atoms with van der Waals surface area (Å²) >= 11 is 0. The van der Waals surface area contributed by atoms with E-state index in [4.69, 9.17) is 5.73 Å². The van der Waals surface area contributed by atoms with Crippen LogP contribution in [0.4, 0.5) is 10.5 Å². The number of hydrogen-bond donors (Lipinski definition) is 2. The molecule has 20 heavy (non-hydrogen) atoms. The van der Waals surface area contributed by atoms with Crippen molar-refractivity contribution < 1.29 is 4.79 Å². The molecule has 1 aliphatic heterocycles. The Labute approximate surface area is 121 Å². The first kappa shape index (κ1) is 14.9. The highest BCUT2D eigenvalue weighted by atomic mass is 16.2. The van der Waals surface area contributed by atoms with Crippen molar-refractivity contribution in [1.82, 2.24) is 5.32 Å². The molecule has 1 aliphatic rings. The van der Waals surface area contributed by atoms with Gasteiger partial charge in [0.15, 0.2) is 0 Å². The van der Waals surface area contributed by atoms with Gasteiger partial charge in [0.2, 0.25) is 0 Å². The van der Waals surface area contributed by atoms with Crippen LogP contribution in [-0.2, 0) is 12.8 Å². The Morgan fingerprint density at radius 2 is 2.25 bits per heavy atom. The summed E-state index contributed by atoms with van der Waals surface area (Å²) < 4.78 is 0. The Morgan fingerprint density at radius 1 is 1.45 bits per heavy atom. The summed E-state index contributed by atoms with van der Waals surface area (Å²) in [5, 5.41) is 3.00. The molecular formula is C16H25N3O. The van der Waals surface area contributed by atoms with E-state index in [1.165, 1.54) is 11.1 Å². The number of carbonyl (C=O) groups excluding carboxylic acids is 1. The molecule has 2 amide bonds. The lowest BCUT2D eigenvalue weighted by atomic mass is 9.98. The van der Waals surface area contributed by atoms with Crippen molar-refractivity contribution in [2.45, 2.75) is 33.1 Å². The minimum absolute atomic E-state index is 0.0197. The minimum Gasteiger partial charge on any atom is -0.337 e. The summed E-state index contributed by atoms with van der Waals surface area (Å²) in [6.07, 6.45) is 2.96. The fourth-order valence-corrected chi connectivity index (χ4v) is 2.57. The standard InChI is InChI=1S/C16H25N3O/c1-12(2)11-18-16(20)19-9-3-4-14-10-13(7-8-17)5-6-15(14)19/h5-6,10,12H,3-4,7-9,11,17H2,1-2H3,(H,18,20). The molecule has 3 N–H and O–H groups in total. The first-order valence-electron chi connectivity index (χ1n) is 7.49. The van der Waals surface area contributed by atoms with E-state index < -0.39 is 0 Å². The van der Waals surface area contributed by atoms with Gasteiger partial charge in [-0.05, 0) is 48.9 Å². The quantitative estimate of drug-likeness (QED) is 0.886. The van der Waals surface area contributed by atoms with E-state index in [1.54, 1.807) is 0 Å². The van der Waals surface area contributed by atoms with Gasteiger partial charge in [-0.1, -0.05) is 26.0 Å². The number of nitrogens with zero attached hydrogens (tertiary/aromatic N) is 1. The zero-order chi connectivity index (χ0) is 14.5. The lowest BCUT2D eigenvalue weighted by Crippen LogP contribution is -2.44. The molecule has 0 saturated carbocycles. The van der Waals surface area contributed by atoms with Gasteiger partial charge in [0, 0.05) is 18.8 Å². The zero-order valence-electron chi connectivity index (χ0n) is 12.5. The number of anilines is 1. The van der Waals surface area contributed by atoms with Gasteiger partial charge in [0.25, 0.3) is 0 Å². The number of benzene rings is 1. The summed E-state index contributed by atoms with van der Waals surface area (Å²) in [4.78, 5) is 14.1. The number of amides is 2. The monoisotopic (exact) mass is 275 g/mol. The number of urea groups is 1. The van der Waals surface area contributed by atoms with Gasteiger partial charge in [-0.2, -0.15) is 0 Å². The number of hydrogen-bond acceptors (Lipinski definition) is 2. The van der Waals surface area contributed by atoms with Crippen LogP contribution in [-0.4, -0.2) is 25.7 Å². The van der Waals surface area contributed by atoms with E-state index in [-0.39, 0.29) is 6.03 Å². The van der Waals surface area contributed by atoms with Crippen molar-refractivity contribution in [1.29, 1.82) is 0 Å². The Hall–Kier alpha value is -1.55. The van der Waals surface area contributed by atoms with Crippen LogP contribution in [0.25, 0.3) is 0 Å². The van der Waals surface area contributed by atoms with Crippen LogP contribution >= 0.6 is 0 Å². The summed E-state index contributed by atoms with van der Waals surface area (Å²) in [6.45, 7) is 6.38. The van der Waals surface area contributed by atoms with Gasteiger partial charge in [0.1, 0.15) is 0 Å². The molecule has 2 rings (SSSR count). The van der Waals surface area contributed by atoms with E-state index >= 15 is 0 Å². The topological polar surface area (TPSA) is 58.4 Å². The first-order valence-corrected chi connectivity index (χ1v) is 7.49. The Morgan fingerprint density at radius 3 is 2.95 bits per heavy atom. The highest BCUT2D eigenvalue weighted by Gasteiger charge is 2.22. The molecule has 0 radical (unpaired) electrons. The van der Waals surface area contributed by atoms with Gasteiger partial charge >= 0.3 is 6.03 Å². The number of aryl methyl sites for hydroxylation is 1. The number of nitrogens with two attached hydrogens (primary N) is 1. The number of carbonyl (C=O) groups is 1. The summed E-state index contributed by atoms with van der Waals surface area (Å²) in [6, 6.07) is 6.37. The third kappa shape index (κ3) is 3.51. The molecule has 1 heterocycles. The molecule has 0 spiro atoms. The molecule has 1 aromatic rings. The molecule has 1 aromatic carbocycles. The molecule has 4 heteroatoms. The fraction of sp³-hybridized carbons (Fsp3) is 0.562. The summed E-state index contributed by atoms with van der Waals surface area (Å²) in [7, 11) is 0. The maximum atomic E-state index is 12.3. The van der Waals surface area contributed by atoms with Gasteiger partial charge < -0.3 is 11.1 Å². The minimum atomic E-state index is 0.0197. The van der Waals surface area contributed by atoms with Crippen molar-refractivity contribution in [2.75, 3.05) is 24.5 Å². The molecule has 0 aliphatic carbocycles. The second kappa shape index (κ2) is 6.75. The molecule has 0 atom stereocenters. The van der Waals surface area contributed by atoms with Crippen LogP contribution in [0.2, 0.25) is 0 Å². The molecule has 0 fully saturated rings. The van der Waals surface area contributed by atoms with Gasteiger partial charge in [-0.25, -0.2) is 4.79 Å². The number of nitrogens with one attached hydrogen (secondary N) is 1. The molecule has 4 nitrogen and oxygen atoms in total. The average molecular weight is 275 g/mol. The van der Waals surface area contributed by atoms with Crippen LogP contribution < -0.4 is 16.0 Å². The SMILES string of the molecule is CC(C)CNC(=O)N1CCCc2cc(CCN)ccc21. The maximum Gasteiger partial charge on any atom is 0.321 e. The van der Waals surface area contributed by atoms with E-state index in [0.717, 1.165) is 38.0 Å². The summed E-state index contributed by atoms with van der Waals surface area (Å²) in [5.74, 6) is 0.468. The van der Waals surface area contributed by atoms with Gasteiger partial charge in [0.05, 0.1) is 0 Å². The van der Waals surface area contributed by atoms with Gasteiger partial charge in [-0.15, -0.1) is 0 Å². The highest BCUT2D eigenvalue weighted by Crippen LogP contribution is 2.28. The van der Waals surface area contributed by atoms with E-state index in [9.17, 15) is 4.79 Å². The zero-order valence-corrected chi connectivity index (χ0v) is 12.5.